The van der Waals surface area contributed by atoms with E-state index in [4.69, 9.17) is 4.74 Å². The number of aromatic nitrogens is 2. The van der Waals surface area contributed by atoms with Gasteiger partial charge in [0.2, 0.25) is 0 Å². The van der Waals surface area contributed by atoms with Crippen molar-refractivity contribution in [2.45, 2.75) is 57.8 Å². The molecule has 1 heterocycles. The second-order valence-corrected chi connectivity index (χ2v) is 4.76. The van der Waals surface area contributed by atoms with Crippen LogP contribution in [0.1, 0.15) is 45.6 Å². The quantitative estimate of drug-likeness (QED) is 0.855. The summed E-state index contributed by atoms with van der Waals surface area (Å²) in [6.45, 7) is 4.15. The van der Waals surface area contributed by atoms with E-state index in [0.717, 1.165) is 31.4 Å². The van der Waals surface area contributed by atoms with Crippen LogP contribution in [-0.2, 0) is 0 Å². The third-order valence-electron chi connectivity index (χ3n) is 3.06. The van der Waals surface area contributed by atoms with E-state index < -0.39 is 0 Å². The summed E-state index contributed by atoms with van der Waals surface area (Å²) in [4.78, 5) is 0. The first kappa shape index (κ1) is 11.5. The zero-order valence-electron chi connectivity index (χ0n) is 9.97. The number of hydrogen-bond donors (Lipinski definition) is 1. The van der Waals surface area contributed by atoms with Crippen LogP contribution in [0.3, 0.4) is 0 Å². The van der Waals surface area contributed by atoms with Crippen molar-refractivity contribution in [3.05, 3.63) is 12.4 Å². The van der Waals surface area contributed by atoms with Crippen molar-refractivity contribution < 1.29 is 9.84 Å². The number of hydrogen-bond acceptors (Lipinski definition) is 3. The van der Waals surface area contributed by atoms with Gasteiger partial charge in [0.1, 0.15) is 6.10 Å². The standard InChI is InChI=1S/C12H20N2O2/c1-9(2)14-8-10(7-13-14)16-12-6-4-3-5-11(12)15/h7-9,11-12,15H,3-6H2,1-2H3/t11-,12-/m1/s1. The highest BCUT2D eigenvalue weighted by Gasteiger charge is 2.25. The van der Waals surface area contributed by atoms with Crippen molar-refractivity contribution in [1.82, 2.24) is 9.78 Å². The molecule has 0 saturated heterocycles. The maximum atomic E-state index is 9.79. The SMILES string of the molecule is CC(C)n1cc(O[C@@H]2CCCC[C@H]2O)cn1. The molecule has 0 aromatic carbocycles. The second kappa shape index (κ2) is 4.87. The molecule has 1 aliphatic carbocycles. The Bertz CT molecular complexity index is 336. The van der Waals surface area contributed by atoms with Crippen LogP contribution in [0, 0.1) is 0 Å². The maximum Gasteiger partial charge on any atom is 0.157 e. The summed E-state index contributed by atoms with van der Waals surface area (Å²) in [7, 11) is 0. The molecule has 90 valence electrons. The Kier molecular flexibility index (Phi) is 3.49. The molecule has 1 saturated carbocycles. The molecule has 0 radical (unpaired) electrons. The van der Waals surface area contributed by atoms with Crippen LogP contribution in [0.2, 0.25) is 0 Å². The number of aliphatic hydroxyl groups is 1. The Labute approximate surface area is 96.2 Å². The lowest BCUT2D eigenvalue weighted by Crippen LogP contribution is -2.34. The first-order valence-electron chi connectivity index (χ1n) is 6.05. The zero-order valence-corrected chi connectivity index (χ0v) is 9.97. The fraction of sp³-hybridized carbons (Fsp3) is 0.750. The summed E-state index contributed by atoms with van der Waals surface area (Å²) >= 11 is 0. The molecule has 1 aliphatic rings. The zero-order chi connectivity index (χ0) is 11.5. The molecule has 2 rings (SSSR count). The van der Waals surface area contributed by atoms with Crippen molar-refractivity contribution in [3.63, 3.8) is 0 Å². The molecule has 1 fully saturated rings. The predicted molar refractivity (Wildman–Crippen MR) is 61.5 cm³/mol. The molecule has 0 bridgehead atoms. The summed E-state index contributed by atoms with van der Waals surface area (Å²) in [6, 6.07) is 0.341. The van der Waals surface area contributed by atoms with Crippen LogP contribution in [0.5, 0.6) is 5.75 Å². The average molecular weight is 224 g/mol. The van der Waals surface area contributed by atoms with Gasteiger partial charge in [-0.3, -0.25) is 4.68 Å². The van der Waals surface area contributed by atoms with E-state index in [2.05, 4.69) is 18.9 Å². The van der Waals surface area contributed by atoms with Gasteiger partial charge < -0.3 is 9.84 Å². The average Bonchev–Trinajstić information content (AvgIpc) is 2.70. The predicted octanol–water partition coefficient (Wildman–Crippen LogP) is 2.15. The molecule has 4 nitrogen and oxygen atoms in total. The highest BCUT2D eigenvalue weighted by atomic mass is 16.5. The fourth-order valence-corrected chi connectivity index (χ4v) is 2.05. The molecule has 4 heteroatoms. The number of nitrogens with zero attached hydrogens (tertiary/aromatic N) is 2. The molecule has 1 N–H and O–H groups in total. The van der Waals surface area contributed by atoms with Gasteiger partial charge in [-0.05, 0) is 33.1 Å². The molecular weight excluding hydrogens is 204 g/mol. The molecule has 2 atom stereocenters. The van der Waals surface area contributed by atoms with Crippen LogP contribution in [0.15, 0.2) is 12.4 Å². The maximum absolute atomic E-state index is 9.79. The minimum atomic E-state index is -0.323. The lowest BCUT2D eigenvalue weighted by molar-refractivity contribution is 0.00681. The largest absolute Gasteiger partial charge is 0.484 e. The van der Waals surface area contributed by atoms with Crippen LogP contribution < -0.4 is 4.74 Å². The highest BCUT2D eigenvalue weighted by Crippen LogP contribution is 2.24. The summed E-state index contributed by atoms with van der Waals surface area (Å²) in [5.41, 5.74) is 0. The third-order valence-corrected chi connectivity index (χ3v) is 3.06. The molecule has 1 aromatic rings. The van der Waals surface area contributed by atoms with Crippen molar-refractivity contribution in [1.29, 1.82) is 0 Å². The molecular formula is C12H20N2O2. The number of rotatable bonds is 3. The Morgan fingerprint density at radius 1 is 1.44 bits per heavy atom. The lowest BCUT2D eigenvalue weighted by Gasteiger charge is -2.27. The highest BCUT2D eigenvalue weighted by molar-refractivity contribution is 5.13. The molecule has 1 aromatic heterocycles. The molecule has 0 aliphatic heterocycles. The topological polar surface area (TPSA) is 47.3 Å². The fourth-order valence-electron chi connectivity index (χ4n) is 2.05. The van der Waals surface area contributed by atoms with Crippen LogP contribution in [0.4, 0.5) is 0 Å². The van der Waals surface area contributed by atoms with E-state index in [1.165, 1.54) is 0 Å². The molecule has 0 unspecified atom stereocenters. The van der Waals surface area contributed by atoms with Gasteiger partial charge in [-0.25, -0.2) is 0 Å². The van der Waals surface area contributed by atoms with Gasteiger partial charge in [-0.2, -0.15) is 5.10 Å². The Balaban J connectivity index is 1.97. The molecule has 0 spiro atoms. The molecule has 0 amide bonds. The van der Waals surface area contributed by atoms with Crippen molar-refractivity contribution in [2.24, 2.45) is 0 Å². The summed E-state index contributed by atoms with van der Waals surface area (Å²) < 4.78 is 7.63. The van der Waals surface area contributed by atoms with Gasteiger partial charge in [0, 0.05) is 6.04 Å². The normalized spacial score (nSPS) is 26.0. The van der Waals surface area contributed by atoms with Crippen LogP contribution in [0.25, 0.3) is 0 Å². The van der Waals surface area contributed by atoms with Gasteiger partial charge in [-0.1, -0.05) is 6.42 Å². The third kappa shape index (κ3) is 2.55. The van der Waals surface area contributed by atoms with Crippen LogP contribution in [-0.4, -0.2) is 27.1 Å². The van der Waals surface area contributed by atoms with Gasteiger partial charge in [-0.15, -0.1) is 0 Å². The Hall–Kier alpha value is -1.03. The van der Waals surface area contributed by atoms with E-state index in [0.29, 0.717) is 6.04 Å². The number of ether oxygens (including phenoxy) is 1. The van der Waals surface area contributed by atoms with Crippen molar-refractivity contribution >= 4 is 0 Å². The van der Waals surface area contributed by atoms with Crippen LogP contribution >= 0.6 is 0 Å². The van der Waals surface area contributed by atoms with Gasteiger partial charge in [0.15, 0.2) is 5.75 Å². The summed E-state index contributed by atoms with van der Waals surface area (Å²) in [6.07, 6.45) is 7.27. The lowest BCUT2D eigenvalue weighted by atomic mass is 9.95. The first-order valence-corrected chi connectivity index (χ1v) is 6.05. The van der Waals surface area contributed by atoms with Gasteiger partial charge in [0.05, 0.1) is 18.5 Å². The van der Waals surface area contributed by atoms with Crippen molar-refractivity contribution in [2.75, 3.05) is 0 Å². The van der Waals surface area contributed by atoms with E-state index in [9.17, 15) is 5.11 Å². The first-order chi connectivity index (χ1) is 7.66. The van der Waals surface area contributed by atoms with Gasteiger partial charge in [0.25, 0.3) is 0 Å². The van der Waals surface area contributed by atoms with E-state index in [1.807, 2.05) is 10.9 Å². The van der Waals surface area contributed by atoms with E-state index in [-0.39, 0.29) is 12.2 Å². The van der Waals surface area contributed by atoms with E-state index in [1.54, 1.807) is 6.20 Å². The Morgan fingerprint density at radius 2 is 2.19 bits per heavy atom. The summed E-state index contributed by atoms with van der Waals surface area (Å²) in [5.74, 6) is 0.764. The summed E-state index contributed by atoms with van der Waals surface area (Å²) in [5, 5.41) is 14.0. The minimum absolute atomic E-state index is 0.0569. The number of aliphatic hydroxyl groups excluding tert-OH is 1. The molecule has 16 heavy (non-hydrogen) atoms. The smallest absolute Gasteiger partial charge is 0.157 e. The Morgan fingerprint density at radius 3 is 2.81 bits per heavy atom. The van der Waals surface area contributed by atoms with Gasteiger partial charge >= 0.3 is 0 Å². The monoisotopic (exact) mass is 224 g/mol. The minimum Gasteiger partial charge on any atom is -0.484 e. The van der Waals surface area contributed by atoms with E-state index >= 15 is 0 Å². The second-order valence-electron chi connectivity index (χ2n) is 4.76. The van der Waals surface area contributed by atoms with Crippen molar-refractivity contribution in [3.8, 4) is 5.75 Å².